The minimum Gasteiger partial charge on any atom is -0.354 e. The van der Waals surface area contributed by atoms with E-state index in [2.05, 4.69) is 21.2 Å². The van der Waals surface area contributed by atoms with E-state index in [-0.39, 0.29) is 11.9 Å². The van der Waals surface area contributed by atoms with Gasteiger partial charge in [0.1, 0.15) is 5.82 Å². The largest absolute Gasteiger partial charge is 0.354 e. The lowest BCUT2D eigenvalue weighted by Crippen LogP contribution is -2.50. The van der Waals surface area contributed by atoms with Crippen molar-refractivity contribution in [2.24, 2.45) is 5.73 Å². The van der Waals surface area contributed by atoms with Gasteiger partial charge >= 0.3 is 0 Å². The number of hydrogen-bond acceptors (Lipinski definition) is 7. The Hall–Kier alpha value is -1.93. The minimum atomic E-state index is 0.0963. The lowest BCUT2D eigenvalue weighted by Gasteiger charge is -2.36. The number of nitrogens with zero attached hydrogens (tertiary/aromatic N) is 5. The average Bonchev–Trinajstić information content (AvgIpc) is 2.58. The lowest BCUT2D eigenvalue weighted by molar-refractivity contribution is -0.122. The highest BCUT2D eigenvalue weighted by Crippen LogP contribution is 2.36. The predicted octanol–water partition coefficient (Wildman–Crippen LogP) is 0.394. The van der Waals surface area contributed by atoms with Crippen molar-refractivity contribution in [3.63, 3.8) is 0 Å². The second kappa shape index (κ2) is 8.39. The maximum Gasteiger partial charge on any atom is 0.234 e. The van der Waals surface area contributed by atoms with Crippen LogP contribution in [0.1, 0.15) is 38.3 Å². The number of nitrogens with one attached hydrogen (secondary N) is 1. The van der Waals surface area contributed by atoms with Crippen LogP contribution < -0.4 is 20.9 Å². The Morgan fingerprint density at radius 1 is 1.26 bits per heavy atom. The van der Waals surface area contributed by atoms with Crippen molar-refractivity contribution < 1.29 is 4.79 Å². The molecule has 2 fully saturated rings. The van der Waals surface area contributed by atoms with E-state index in [1.165, 1.54) is 0 Å². The molecule has 1 aliphatic heterocycles. The molecule has 2 heterocycles. The third-order valence-corrected chi connectivity index (χ3v) is 5.23. The lowest BCUT2D eigenvalue weighted by atomic mass is 9.78. The third kappa shape index (κ3) is 5.07. The summed E-state index contributed by atoms with van der Waals surface area (Å²) in [5.41, 5.74) is 7.07. The van der Waals surface area contributed by atoms with E-state index in [4.69, 9.17) is 15.7 Å². The molecule has 0 radical (unpaired) electrons. The van der Waals surface area contributed by atoms with Crippen LogP contribution in [-0.2, 0) is 4.79 Å². The molecule has 3 N–H and O–H groups in total. The number of amides is 1. The number of anilines is 2. The summed E-state index contributed by atoms with van der Waals surface area (Å²) < 4.78 is 0. The van der Waals surface area contributed by atoms with Crippen molar-refractivity contribution in [2.75, 3.05) is 56.6 Å². The summed E-state index contributed by atoms with van der Waals surface area (Å²) in [6, 6.07) is 2.61. The fourth-order valence-corrected chi connectivity index (χ4v) is 3.62. The number of carbonyl (C=O) groups is 1. The van der Waals surface area contributed by atoms with E-state index < -0.39 is 0 Å². The summed E-state index contributed by atoms with van der Waals surface area (Å²) in [5, 5.41) is 2.96. The maximum atomic E-state index is 12.0. The highest BCUT2D eigenvalue weighted by atomic mass is 16.2. The van der Waals surface area contributed by atoms with Gasteiger partial charge in [-0.15, -0.1) is 0 Å². The van der Waals surface area contributed by atoms with Gasteiger partial charge in [0.15, 0.2) is 0 Å². The zero-order valence-corrected chi connectivity index (χ0v) is 17.0. The Morgan fingerprint density at radius 2 is 1.93 bits per heavy atom. The molecule has 2 aliphatic rings. The van der Waals surface area contributed by atoms with Crippen LogP contribution in [0.15, 0.2) is 6.07 Å². The standard InChI is InChI=1S/C19H33N7O/c1-13(2)21-18(27)12-25-5-7-26(8-6-25)17-11-16(14-9-15(20)10-14)22-19(23-17)24(3)4/h11,13-15H,5-10,12,20H2,1-4H3,(H,21,27). The zero-order valence-electron chi connectivity index (χ0n) is 17.0. The number of nitrogens with two attached hydrogens (primary N) is 1. The first kappa shape index (κ1) is 19.8. The maximum absolute atomic E-state index is 12.0. The fourth-order valence-electron chi connectivity index (χ4n) is 3.62. The summed E-state index contributed by atoms with van der Waals surface area (Å²) in [7, 11) is 3.95. The van der Waals surface area contributed by atoms with Crippen molar-refractivity contribution in [3.8, 4) is 0 Å². The normalized spacial score (nSPS) is 23.3. The SMILES string of the molecule is CC(C)NC(=O)CN1CCN(c2cc(C3CC(N)C3)nc(N(C)C)n2)CC1. The number of aromatic nitrogens is 2. The van der Waals surface area contributed by atoms with Gasteiger partial charge in [0.25, 0.3) is 0 Å². The highest BCUT2D eigenvalue weighted by Gasteiger charge is 2.30. The van der Waals surface area contributed by atoms with Gasteiger partial charge in [-0.05, 0) is 26.7 Å². The molecule has 1 aromatic rings. The topological polar surface area (TPSA) is 90.6 Å². The van der Waals surface area contributed by atoms with Gasteiger partial charge in [-0.3, -0.25) is 9.69 Å². The first-order valence-corrected chi connectivity index (χ1v) is 9.90. The summed E-state index contributed by atoms with van der Waals surface area (Å²) in [5.74, 6) is 2.28. The van der Waals surface area contributed by atoms with Crippen LogP contribution in [0.25, 0.3) is 0 Å². The van der Waals surface area contributed by atoms with E-state index in [1.54, 1.807) is 0 Å². The van der Waals surface area contributed by atoms with E-state index in [0.29, 0.717) is 18.5 Å². The molecule has 1 amide bonds. The van der Waals surface area contributed by atoms with Crippen molar-refractivity contribution in [3.05, 3.63) is 11.8 Å². The van der Waals surface area contributed by atoms with Gasteiger partial charge < -0.3 is 20.9 Å². The van der Waals surface area contributed by atoms with E-state index in [9.17, 15) is 4.79 Å². The Balaban J connectivity index is 1.64. The molecule has 0 atom stereocenters. The van der Waals surface area contributed by atoms with Crippen molar-refractivity contribution >= 4 is 17.7 Å². The highest BCUT2D eigenvalue weighted by molar-refractivity contribution is 5.78. The Morgan fingerprint density at radius 3 is 2.48 bits per heavy atom. The third-order valence-electron chi connectivity index (χ3n) is 5.23. The van der Waals surface area contributed by atoms with Crippen LogP contribution in [0, 0.1) is 0 Å². The monoisotopic (exact) mass is 375 g/mol. The zero-order chi connectivity index (χ0) is 19.6. The smallest absolute Gasteiger partial charge is 0.234 e. The van der Waals surface area contributed by atoms with Gasteiger partial charge in [0, 0.05) is 64.3 Å². The molecule has 1 aromatic heterocycles. The second-order valence-corrected chi connectivity index (χ2v) is 8.26. The van der Waals surface area contributed by atoms with Crippen LogP contribution in [0.4, 0.5) is 11.8 Å². The fraction of sp³-hybridized carbons (Fsp3) is 0.737. The van der Waals surface area contributed by atoms with Crippen molar-refractivity contribution in [2.45, 2.75) is 44.7 Å². The number of rotatable bonds is 6. The Labute approximate surface area is 162 Å². The van der Waals surface area contributed by atoms with Crippen LogP contribution in [0.5, 0.6) is 0 Å². The van der Waals surface area contributed by atoms with Crippen LogP contribution in [0.2, 0.25) is 0 Å². The minimum absolute atomic E-state index is 0.0963. The summed E-state index contributed by atoms with van der Waals surface area (Å²) >= 11 is 0. The first-order valence-electron chi connectivity index (χ1n) is 9.90. The van der Waals surface area contributed by atoms with Crippen LogP contribution in [0.3, 0.4) is 0 Å². The molecule has 1 aliphatic carbocycles. The molecule has 8 nitrogen and oxygen atoms in total. The molecule has 1 saturated carbocycles. The molecule has 0 spiro atoms. The van der Waals surface area contributed by atoms with Crippen molar-refractivity contribution in [1.29, 1.82) is 0 Å². The number of piperazine rings is 1. The number of hydrogen-bond donors (Lipinski definition) is 2. The average molecular weight is 376 g/mol. The molecule has 0 bridgehead atoms. The van der Waals surface area contributed by atoms with Gasteiger partial charge in [-0.2, -0.15) is 4.98 Å². The molecule has 8 heteroatoms. The molecule has 1 saturated heterocycles. The van der Waals surface area contributed by atoms with Crippen molar-refractivity contribution in [1.82, 2.24) is 20.2 Å². The molecule has 150 valence electrons. The van der Waals surface area contributed by atoms with E-state index in [1.807, 2.05) is 32.8 Å². The molecule has 3 rings (SSSR count). The van der Waals surface area contributed by atoms with E-state index >= 15 is 0 Å². The second-order valence-electron chi connectivity index (χ2n) is 8.26. The number of carbonyl (C=O) groups excluding carboxylic acids is 1. The van der Waals surface area contributed by atoms with Gasteiger partial charge in [0.05, 0.1) is 12.2 Å². The molecular formula is C19H33N7O. The van der Waals surface area contributed by atoms with Gasteiger partial charge in [-0.25, -0.2) is 4.98 Å². The predicted molar refractivity (Wildman–Crippen MR) is 108 cm³/mol. The summed E-state index contributed by atoms with van der Waals surface area (Å²) in [6.45, 7) is 7.88. The molecular weight excluding hydrogens is 342 g/mol. The van der Waals surface area contributed by atoms with E-state index in [0.717, 1.165) is 56.5 Å². The Bertz CT molecular complexity index is 649. The molecule has 0 unspecified atom stereocenters. The summed E-state index contributed by atoms with van der Waals surface area (Å²) in [6.07, 6.45) is 2.00. The van der Waals surface area contributed by atoms with Crippen LogP contribution >= 0.6 is 0 Å². The van der Waals surface area contributed by atoms with Crippen LogP contribution in [-0.4, -0.2) is 79.7 Å². The quantitative estimate of drug-likeness (QED) is 0.743. The molecule has 0 aromatic carbocycles. The summed E-state index contributed by atoms with van der Waals surface area (Å²) in [4.78, 5) is 27.9. The van der Waals surface area contributed by atoms with Gasteiger partial charge in [-0.1, -0.05) is 0 Å². The van der Waals surface area contributed by atoms with Gasteiger partial charge in [0.2, 0.25) is 11.9 Å². The Kier molecular flexibility index (Phi) is 6.16. The first-order chi connectivity index (χ1) is 12.8. The molecule has 27 heavy (non-hydrogen) atoms.